The lowest BCUT2D eigenvalue weighted by molar-refractivity contribution is -0.121. The molecule has 0 saturated heterocycles. The lowest BCUT2D eigenvalue weighted by Gasteiger charge is -2.21. The summed E-state index contributed by atoms with van der Waals surface area (Å²) in [7, 11) is 0. The third-order valence-corrected chi connectivity index (χ3v) is 7.01. The van der Waals surface area contributed by atoms with Crippen molar-refractivity contribution in [2.24, 2.45) is 4.99 Å². The Kier molecular flexibility index (Phi) is 9.31. The summed E-state index contributed by atoms with van der Waals surface area (Å²) in [5.74, 6) is -0.848. The topological polar surface area (TPSA) is 94.1 Å². The zero-order valence-electron chi connectivity index (χ0n) is 20.7. The molecule has 3 amide bonds. The van der Waals surface area contributed by atoms with E-state index in [-0.39, 0.29) is 24.1 Å². The molecule has 1 aliphatic heterocycles. The van der Waals surface area contributed by atoms with Gasteiger partial charge in [0.25, 0.3) is 11.8 Å². The molecule has 0 aromatic heterocycles. The van der Waals surface area contributed by atoms with Crippen LogP contribution in [-0.2, 0) is 9.59 Å². The van der Waals surface area contributed by atoms with Gasteiger partial charge >= 0.3 is 0 Å². The number of amidine groups is 1. The molecule has 2 aromatic carbocycles. The molecule has 0 aliphatic carbocycles. The first-order chi connectivity index (χ1) is 16.9. The van der Waals surface area contributed by atoms with E-state index in [0.717, 1.165) is 31.9 Å². The smallest absolute Gasteiger partial charge is 0.262 e. The summed E-state index contributed by atoms with van der Waals surface area (Å²) in [6.45, 7) is 11.5. The fourth-order valence-corrected chi connectivity index (χ4v) is 5.00. The molecule has 1 atom stereocenters. The Morgan fingerprint density at radius 2 is 1.54 bits per heavy atom. The number of nitrogens with one attached hydrogen (secondary N) is 2. The molecule has 3 rings (SSSR count). The van der Waals surface area contributed by atoms with Crippen LogP contribution in [0.5, 0.6) is 0 Å². The van der Waals surface area contributed by atoms with E-state index in [0.29, 0.717) is 22.1 Å². The molecule has 186 valence electrons. The van der Waals surface area contributed by atoms with Crippen molar-refractivity contribution < 1.29 is 14.4 Å². The summed E-state index contributed by atoms with van der Waals surface area (Å²) >= 11 is 1.33. The van der Waals surface area contributed by atoms with E-state index < -0.39 is 5.25 Å². The summed E-state index contributed by atoms with van der Waals surface area (Å²) in [5.41, 5.74) is 2.72. The molecule has 35 heavy (non-hydrogen) atoms. The predicted molar refractivity (Wildman–Crippen MR) is 144 cm³/mol. The van der Waals surface area contributed by atoms with Crippen LogP contribution in [0.3, 0.4) is 0 Å². The summed E-state index contributed by atoms with van der Waals surface area (Å²) in [6.07, 6.45) is 0.0209. The van der Waals surface area contributed by atoms with Gasteiger partial charge in [-0.2, -0.15) is 4.99 Å². The highest BCUT2D eigenvalue weighted by Crippen LogP contribution is 2.27. The fraction of sp³-hybridized carbons (Fsp3) is 0.385. The zero-order valence-corrected chi connectivity index (χ0v) is 21.5. The molecule has 8 nitrogen and oxygen atoms in total. The Morgan fingerprint density at radius 1 is 0.886 bits per heavy atom. The van der Waals surface area contributed by atoms with Crippen LogP contribution in [0.2, 0.25) is 0 Å². The van der Waals surface area contributed by atoms with Gasteiger partial charge in [-0.3, -0.25) is 14.4 Å². The quantitative estimate of drug-likeness (QED) is 0.506. The summed E-state index contributed by atoms with van der Waals surface area (Å²) in [6, 6.07) is 14.5. The average molecular weight is 496 g/mol. The maximum absolute atomic E-state index is 12.8. The summed E-state index contributed by atoms with van der Waals surface area (Å²) < 4.78 is 0. The minimum Gasteiger partial charge on any atom is -0.372 e. The minimum atomic E-state index is -0.531. The molecule has 1 aliphatic rings. The average Bonchev–Trinajstić information content (AvgIpc) is 3.21. The Hall–Kier alpha value is -3.33. The van der Waals surface area contributed by atoms with E-state index in [9.17, 15) is 14.4 Å². The van der Waals surface area contributed by atoms with Crippen molar-refractivity contribution in [2.45, 2.75) is 39.4 Å². The zero-order chi connectivity index (χ0) is 25.4. The highest BCUT2D eigenvalue weighted by atomic mass is 32.2. The van der Waals surface area contributed by atoms with Crippen molar-refractivity contribution >= 4 is 51.7 Å². The lowest BCUT2D eigenvalue weighted by Crippen LogP contribution is -2.27. The molecule has 0 unspecified atom stereocenters. The van der Waals surface area contributed by atoms with Crippen LogP contribution in [-0.4, -0.2) is 59.2 Å². The van der Waals surface area contributed by atoms with Gasteiger partial charge in [0.1, 0.15) is 5.25 Å². The normalized spacial score (nSPS) is 14.9. The largest absolute Gasteiger partial charge is 0.372 e. The SMILES string of the molecule is CCN(CC)C1=NC(=O)[C@@H](CC(=O)Nc2cccc(C(=O)Nc3ccc(N(CC)CC)cc3)c2)S1. The van der Waals surface area contributed by atoms with Crippen LogP contribution >= 0.6 is 11.8 Å². The third-order valence-electron chi connectivity index (χ3n) is 5.80. The van der Waals surface area contributed by atoms with E-state index in [1.165, 1.54) is 11.8 Å². The molecule has 0 spiro atoms. The minimum absolute atomic E-state index is 0.0209. The summed E-state index contributed by atoms with van der Waals surface area (Å²) in [5, 5.41) is 5.83. The number of hydrogen-bond donors (Lipinski definition) is 2. The van der Waals surface area contributed by atoms with E-state index in [2.05, 4.69) is 34.4 Å². The van der Waals surface area contributed by atoms with Gasteiger partial charge < -0.3 is 20.4 Å². The molecule has 0 saturated carbocycles. The van der Waals surface area contributed by atoms with Crippen molar-refractivity contribution in [1.82, 2.24) is 4.90 Å². The van der Waals surface area contributed by atoms with Crippen LogP contribution in [0.1, 0.15) is 44.5 Å². The second kappa shape index (κ2) is 12.4. The first kappa shape index (κ1) is 26.3. The van der Waals surface area contributed by atoms with Crippen LogP contribution in [0.15, 0.2) is 53.5 Å². The monoisotopic (exact) mass is 495 g/mol. The first-order valence-corrected chi connectivity index (χ1v) is 12.9. The maximum Gasteiger partial charge on any atom is 0.262 e. The van der Waals surface area contributed by atoms with Crippen molar-refractivity contribution in [3.8, 4) is 0 Å². The van der Waals surface area contributed by atoms with Crippen LogP contribution in [0.4, 0.5) is 17.1 Å². The van der Waals surface area contributed by atoms with E-state index in [1.54, 1.807) is 24.3 Å². The van der Waals surface area contributed by atoms with Gasteiger partial charge in [-0.05, 0) is 70.2 Å². The number of benzene rings is 2. The van der Waals surface area contributed by atoms with Gasteiger partial charge in [0.2, 0.25) is 5.91 Å². The Bertz CT molecular complexity index is 1080. The van der Waals surface area contributed by atoms with Gasteiger partial charge in [0.05, 0.1) is 0 Å². The highest BCUT2D eigenvalue weighted by molar-refractivity contribution is 8.15. The van der Waals surface area contributed by atoms with Gasteiger partial charge in [-0.25, -0.2) is 0 Å². The number of nitrogens with zero attached hydrogens (tertiary/aromatic N) is 3. The number of hydrogen-bond acceptors (Lipinski definition) is 6. The van der Waals surface area contributed by atoms with Gasteiger partial charge in [0, 0.05) is 55.2 Å². The third kappa shape index (κ3) is 6.85. The molecule has 0 bridgehead atoms. The molecule has 9 heteroatoms. The predicted octanol–water partition coefficient (Wildman–Crippen LogP) is 4.45. The highest BCUT2D eigenvalue weighted by Gasteiger charge is 2.32. The van der Waals surface area contributed by atoms with Crippen LogP contribution < -0.4 is 15.5 Å². The lowest BCUT2D eigenvalue weighted by atomic mass is 10.1. The van der Waals surface area contributed by atoms with Crippen LogP contribution in [0.25, 0.3) is 0 Å². The molecular weight excluding hydrogens is 462 g/mol. The van der Waals surface area contributed by atoms with Gasteiger partial charge in [-0.15, -0.1) is 0 Å². The van der Waals surface area contributed by atoms with Gasteiger partial charge in [-0.1, -0.05) is 17.8 Å². The number of carbonyl (C=O) groups is 3. The maximum atomic E-state index is 12.8. The second-order valence-corrected chi connectivity index (χ2v) is 9.19. The molecule has 1 heterocycles. The van der Waals surface area contributed by atoms with Crippen LogP contribution in [0, 0.1) is 0 Å². The Morgan fingerprint density at radius 3 is 2.17 bits per heavy atom. The number of rotatable bonds is 10. The Labute approximate surface area is 211 Å². The van der Waals surface area contributed by atoms with Gasteiger partial charge in [0.15, 0.2) is 5.17 Å². The van der Waals surface area contributed by atoms with Crippen molar-refractivity contribution in [3.05, 3.63) is 54.1 Å². The van der Waals surface area contributed by atoms with E-state index in [4.69, 9.17) is 0 Å². The Balaban J connectivity index is 1.57. The molecule has 2 N–H and O–H groups in total. The summed E-state index contributed by atoms with van der Waals surface area (Å²) in [4.78, 5) is 45.9. The van der Waals surface area contributed by atoms with Crippen molar-refractivity contribution in [3.63, 3.8) is 0 Å². The second-order valence-electron chi connectivity index (χ2n) is 8.02. The van der Waals surface area contributed by atoms with E-state index in [1.807, 2.05) is 43.0 Å². The molecule has 2 aromatic rings. The molecule has 0 radical (unpaired) electrons. The molecular formula is C26H33N5O3S. The number of thioether (sulfide) groups is 1. The van der Waals surface area contributed by atoms with Crippen molar-refractivity contribution in [1.29, 1.82) is 0 Å². The number of anilines is 3. The molecule has 0 fully saturated rings. The fourth-order valence-electron chi connectivity index (χ4n) is 3.80. The number of amides is 3. The van der Waals surface area contributed by atoms with E-state index >= 15 is 0 Å². The first-order valence-electron chi connectivity index (χ1n) is 12.0. The van der Waals surface area contributed by atoms with Crippen molar-refractivity contribution in [2.75, 3.05) is 41.7 Å². The number of aliphatic imine (C=N–C) groups is 1. The number of carbonyl (C=O) groups excluding carboxylic acids is 3. The standard InChI is InChI=1S/C26H33N5O3S/c1-5-30(6-2)21-14-12-19(13-15-21)28-24(33)18-10-9-11-20(16-18)27-23(32)17-22-25(34)29-26(35-22)31(7-3)8-4/h9-16,22H,5-8,17H2,1-4H3,(H,27,32)(H,28,33)/t22-/m1/s1.